The molecule has 1 amide bonds. The summed E-state index contributed by atoms with van der Waals surface area (Å²) in [7, 11) is -1.87. The first-order chi connectivity index (χ1) is 11.7. The van der Waals surface area contributed by atoms with E-state index in [1.54, 1.807) is 24.1 Å². The second-order valence-electron chi connectivity index (χ2n) is 5.48. The van der Waals surface area contributed by atoms with E-state index in [0.717, 1.165) is 3.79 Å². The molecule has 0 bridgehead atoms. The van der Waals surface area contributed by atoms with Crippen molar-refractivity contribution in [1.29, 1.82) is 0 Å². The van der Waals surface area contributed by atoms with E-state index in [9.17, 15) is 13.2 Å². The molecule has 6 nitrogen and oxygen atoms in total. The van der Waals surface area contributed by atoms with Gasteiger partial charge in [-0.25, -0.2) is 8.42 Å². The average Bonchev–Trinajstić information content (AvgIpc) is 3.14. The summed E-state index contributed by atoms with van der Waals surface area (Å²) in [6, 6.07) is 4.81. The van der Waals surface area contributed by atoms with Crippen molar-refractivity contribution in [3.63, 3.8) is 0 Å². The van der Waals surface area contributed by atoms with Crippen LogP contribution in [0.25, 0.3) is 0 Å². The highest BCUT2D eigenvalue weighted by Crippen LogP contribution is 2.29. The lowest BCUT2D eigenvalue weighted by atomic mass is 10.3. The van der Waals surface area contributed by atoms with E-state index in [2.05, 4.69) is 15.9 Å². The summed E-state index contributed by atoms with van der Waals surface area (Å²) in [5.41, 5.74) is 0.383. The monoisotopic (exact) mass is 485 g/mol. The number of nitrogens with zero attached hydrogens (tertiary/aromatic N) is 3. The van der Waals surface area contributed by atoms with Crippen LogP contribution in [0.3, 0.4) is 0 Å². The predicted molar refractivity (Wildman–Crippen MR) is 102 cm³/mol. The van der Waals surface area contributed by atoms with Gasteiger partial charge in [0.25, 0.3) is 15.9 Å². The molecule has 3 heterocycles. The van der Waals surface area contributed by atoms with Crippen LogP contribution in [-0.2, 0) is 17.1 Å². The van der Waals surface area contributed by atoms with Gasteiger partial charge in [-0.3, -0.25) is 4.79 Å². The van der Waals surface area contributed by atoms with Gasteiger partial charge >= 0.3 is 0 Å². The third-order valence-electron chi connectivity index (χ3n) is 4.00. The van der Waals surface area contributed by atoms with Crippen LogP contribution in [0, 0.1) is 0 Å². The van der Waals surface area contributed by atoms with E-state index in [4.69, 9.17) is 23.2 Å². The van der Waals surface area contributed by atoms with Crippen LogP contribution in [0.2, 0.25) is 10.2 Å². The third-order valence-corrected chi connectivity index (χ3v) is 8.84. The Kier molecular flexibility index (Phi) is 5.53. The van der Waals surface area contributed by atoms with Crippen molar-refractivity contribution in [3.05, 3.63) is 37.9 Å². The molecule has 0 radical (unpaired) electrons. The zero-order valence-corrected chi connectivity index (χ0v) is 17.8. The van der Waals surface area contributed by atoms with Crippen LogP contribution >= 0.6 is 50.5 Å². The fourth-order valence-electron chi connectivity index (χ4n) is 2.60. The van der Waals surface area contributed by atoms with Crippen molar-refractivity contribution in [2.75, 3.05) is 26.2 Å². The van der Waals surface area contributed by atoms with Crippen molar-refractivity contribution in [2.45, 2.75) is 4.21 Å². The maximum absolute atomic E-state index is 12.6. The zero-order valence-electron chi connectivity index (χ0n) is 13.1. The topological polar surface area (TPSA) is 62.6 Å². The summed E-state index contributed by atoms with van der Waals surface area (Å²) in [4.78, 5) is 14.2. The largest absolute Gasteiger partial charge is 0.335 e. The first kappa shape index (κ1) is 19.2. The van der Waals surface area contributed by atoms with E-state index in [1.807, 2.05) is 0 Å². The molecule has 1 aliphatic rings. The Morgan fingerprint density at radius 1 is 1.20 bits per heavy atom. The number of piperazine rings is 1. The lowest BCUT2D eigenvalue weighted by Gasteiger charge is -2.33. The number of carbonyl (C=O) groups is 1. The van der Waals surface area contributed by atoms with E-state index in [1.165, 1.54) is 26.3 Å². The molecule has 0 unspecified atom stereocenters. The Labute approximate surface area is 168 Å². The first-order valence-corrected chi connectivity index (χ1v) is 11.1. The van der Waals surface area contributed by atoms with E-state index in [-0.39, 0.29) is 19.0 Å². The summed E-state index contributed by atoms with van der Waals surface area (Å²) in [6.07, 6.45) is 0. The lowest BCUT2D eigenvalue weighted by Crippen LogP contribution is -2.50. The Hall–Kier alpha value is -0.580. The summed E-state index contributed by atoms with van der Waals surface area (Å²) in [6.45, 7) is 1.11. The molecule has 25 heavy (non-hydrogen) atoms. The number of hydrogen-bond acceptors (Lipinski definition) is 4. The van der Waals surface area contributed by atoms with Crippen molar-refractivity contribution >= 4 is 66.4 Å². The van der Waals surface area contributed by atoms with Gasteiger partial charge in [0.05, 0.1) is 8.81 Å². The molecule has 0 aromatic carbocycles. The Morgan fingerprint density at radius 2 is 1.84 bits per heavy atom. The maximum Gasteiger partial charge on any atom is 0.270 e. The molecule has 1 aliphatic heterocycles. The fraction of sp³-hybridized carbons (Fsp3) is 0.357. The van der Waals surface area contributed by atoms with Crippen LogP contribution in [-0.4, -0.2) is 54.3 Å². The quantitative estimate of drug-likeness (QED) is 0.668. The molecule has 11 heteroatoms. The molecule has 0 spiro atoms. The molecule has 1 saturated heterocycles. The van der Waals surface area contributed by atoms with E-state index >= 15 is 0 Å². The van der Waals surface area contributed by atoms with Crippen molar-refractivity contribution in [2.24, 2.45) is 7.05 Å². The fourth-order valence-corrected chi connectivity index (χ4v) is 6.57. The van der Waals surface area contributed by atoms with Gasteiger partial charge in [-0.05, 0) is 34.1 Å². The van der Waals surface area contributed by atoms with Crippen LogP contribution in [0.1, 0.15) is 10.5 Å². The first-order valence-electron chi connectivity index (χ1n) is 7.27. The molecular weight excluding hydrogens is 473 g/mol. The zero-order chi connectivity index (χ0) is 18.4. The standard InChI is InChI=1S/C14H14BrCl2N3O3S2/c1-18-10(8-9(16)13(18)17)14(21)19-4-6-20(7-5-19)25(22,23)12-3-2-11(15)24-12/h2-3,8H,4-7H2,1H3. The summed E-state index contributed by atoms with van der Waals surface area (Å²) in [5, 5.41) is 0.617. The van der Waals surface area contributed by atoms with Gasteiger partial charge < -0.3 is 9.47 Å². The smallest absolute Gasteiger partial charge is 0.270 e. The van der Waals surface area contributed by atoms with E-state index < -0.39 is 10.0 Å². The van der Waals surface area contributed by atoms with Crippen LogP contribution in [0.15, 0.2) is 26.2 Å². The lowest BCUT2D eigenvalue weighted by molar-refractivity contribution is 0.0688. The number of halogens is 3. The summed E-state index contributed by atoms with van der Waals surface area (Å²) < 4.78 is 29.2. The number of hydrogen-bond donors (Lipinski definition) is 0. The predicted octanol–water partition coefficient (Wildman–Crippen LogP) is 3.30. The van der Waals surface area contributed by atoms with Crippen LogP contribution in [0.5, 0.6) is 0 Å². The number of rotatable bonds is 3. The highest BCUT2D eigenvalue weighted by molar-refractivity contribution is 9.11. The third kappa shape index (κ3) is 3.63. The normalized spacial score (nSPS) is 16.4. The minimum atomic E-state index is -3.53. The molecule has 0 saturated carbocycles. The van der Waals surface area contributed by atoms with Crippen molar-refractivity contribution in [1.82, 2.24) is 13.8 Å². The van der Waals surface area contributed by atoms with E-state index in [0.29, 0.717) is 33.2 Å². The van der Waals surface area contributed by atoms with Crippen molar-refractivity contribution < 1.29 is 13.2 Å². The van der Waals surface area contributed by atoms with Gasteiger partial charge in [-0.2, -0.15) is 4.31 Å². The van der Waals surface area contributed by atoms with Gasteiger partial charge in [0.1, 0.15) is 15.1 Å². The van der Waals surface area contributed by atoms with Gasteiger partial charge in [-0.1, -0.05) is 23.2 Å². The highest BCUT2D eigenvalue weighted by Gasteiger charge is 2.32. The highest BCUT2D eigenvalue weighted by atomic mass is 79.9. The molecule has 2 aromatic heterocycles. The molecule has 2 aromatic rings. The number of aromatic nitrogens is 1. The van der Waals surface area contributed by atoms with Gasteiger partial charge in [0, 0.05) is 33.2 Å². The number of thiophene rings is 1. The molecule has 1 fully saturated rings. The molecular formula is C14H14BrCl2N3O3S2. The second-order valence-corrected chi connectivity index (χ2v) is 10.9. The number of sulfonamides is 1. The van der Waals surface area contributed by atoms with Gasteiger partial charge in [0.15, 0.2) is 0 Å². The molecule has 0 aliphatic carbocycles. The number of amides is 1. The minimum absolute atomic E-state index is 0.216. The van der Waals surface area contributed by atoms with Crippen molar-refractivity contribution in [3.8, 4) is 0 Å². The molecule has 0 N–H and O–H groups in total. The Morgan fingerprint density at radius 3 is 2.32 bits per heavy atom. The van der Waals surface area contributed by atoms with Gasteiger partial charge in [0.2, 0.25) is 0 Å². The summed E-state index contributed by atoms with van der Waals surface area (Å²) in [5.74, 6) is -0.216. The Balaban J connectivity index is 1.71. The second kappa shape index (κ2) is 7.21. The van der Waals surface area contributed by atoms with Crippen LogP contribution in [0.4, 0.5) is 0 Å². The number of carbonyl (C=O) groups excluding carboxylic acids is 1. The minimum Gasteiger partial charge on any atom is -0.335 e. The molecule has 0 atom stereocenters. The van der Waals surface area contributed by atoms with Gasteiger partial charge in [-0.15, -0.1) is 11.3 Å². The maximum atomic E-state index is 12.6. The Bertz CT molecular complexity index is 918. The summed E-state index contributed by atoms with van der Waals surface area (Å²) >= 11 is 16.4. The molecule has 3 rings (SSSR count). The van der Waals surface area contributed by atoms with Crippen LogP contribution < -0.4 is 0 Å². The average molecular weight is 487 g/mol. The molecule has 136 valence electrons. The SMILES string of the molecule is Cn1c(C(=O)N2CCN(S(=O)(=O)c3ccc(Br)s3)CC2)cc(Cl)c1Cl.